The molecule has 1 N–H and O–H groups in total. The van der Waals surface area contributed by atoms with Gasteiger partial charge in [0, 0.05) is 31.2 Å². The highest BCUT2D eigenvalue weighted by Gasteiger charge is 2.42. The molecule has 172 valence electrons. The van der Waals surface area contributed by atoms with Crippen molar-refractivity contribution in [3.63, 3.8) is 0 Å². The molecule has 5 rings (SSSR count). The molecule has 5 nitrogen and oxygen atoms in total. The number of nitrogens with zero attached hydrogens (tertiary/aromatic N) is 3. The molecule has 0 spiro atoms. The zero-order chi connectivity index (χ0) is 23.0. The number of para-hydroxylation sites is 1. The molecule has 2 aliphatic heterocycles. The van der Waals surface area contributed by atoms with Gasteiger partial charge in [-0.25, -0.2) is 9.07 Å². The van der Waals surface area contributed by atoms with Gasteiger partial charge in [0.15, 0.2) is 0 Å². The highest BCUT2D eigenvalue weighted by Crippen LogP contribution is 2.41. The molecule has 1 amide bonds. The van der Waals surface area contributed by atoms with E-state index in [1.807, 2.05) is 58.2 Å². The third kappa shape index (κ3) is 4.58. The summed E-state index contributed by atoms with van der Waals surface area (Å²) >= 11 is 0. The van der Waals surface area contributed by atoms with Crippen LogP contribution in [-0.2, 0) is 4.79 Å². The van der Waals surface area contributed by atoms with Crippen molar-refractivity contribution >= 4 is 5.91 Å². The zero-order valence-electron chi connectivity index (χ0n) is 19.2. The number of carbonyl (C=O) groups excluding carboxylic acids is 1. The molecule has 0 saturated carbocycles. The maximum absolute atomic E-state index is 14.1. The fraction of sp³-hybridized carbons (Fsp3) is 0.407. The predicted octanol–water partition coefficient (Wildman–Crippen LogP) is 4.85. The van der Waals surface area contributed by atoms with E-state index < -0.39 is 0 Å². The number of carbonyl (C=O) groups is 1. The van der Waals surface area contributed by atoms with Crippen molar-refractivity contribution in [1.29, 1.82) is 0 Å². The minimum absolute atomic E-state index is 0.0245. The molecule has 6 heteroatoms. The fourth-order valence-electron chi connectivity index (χ4n) is 5.38. The van der Waals surface area contributed by atoms with Crippen LogP contribution in [0.25, 0.3) is 5.69 Å². The van der Waals surface area contributed by atoms with Gasteiger partial charge in [0.05, 0.1) is 17.4 Å². The molecule has 0 aliphatic carbocycles. The minimum Gasteiger partial charge on any atom is -0.341 e. The summed E-state index contributed by atoms with van der Waals surface area (Å²) in [6, 6.07) is 18.2. The topological polar surface area (TPSA) is 50.2 Å². The number of benzene rings is 2. The van der Waals surface area contributed by atoms with Gasteiger partial charge in [0.25, 0.3) is 0 Å². The van der Waals surface area contributed by atoms with Crippen molar-refractivity contribution in [1.82, 2.24) is 20.0 Å². The molecular formula is C27H31FN4O. The lowest BCUT2D eigenvalue weighted by molar-refractivity contribution is -0.136. The first-order valence-electron chi connectivity index (χ1n) is 11.8. The highest BCUT2D eigenvalue weighted by atomic mass is 19.1. The maximum Gasteiger partial charge on any atom is 0.239 e. The largest absolute Gasteiger partial charge is 0.341 e. The number of aromatic nitrogens is 2. The average molecular weight is 447 g/mol. The van der Waals surface area contributed by atoms with Gasteiger partial charge in [-0.15, -0.1) is 0 Å². The van der Waals surface area contributed by atoms with E-state index in [4.69, 9.17) is 5.10 Å². The monoisotopic (exact) mass is 446 g/mol. The van der Waals surface area contributed by atoms with E-state index >= 15 is 0 Å². The molecule has 2 aliphatic rings. The van der Waals surface area contributed by atoms with Crippen molar-refractivity contribution in [2.24, 2.45) is 5.41 Å². The molecule has 33 heavy (non-hydrogen) atoms. The number of amides is 1. The van der Waals surface area contributed by atoms with E-state index in [0.717, 1.165) is 42.9 Å². The minimum atomic E-state index is -0.306. The van der Waals surface area contributed by atoms with E-state index in [0.29, 0.717) is 6.42 Å². The second-order valence-electron chi connectivity index (χ2n) is 10.1. The summed E-state index contributed by atoms with van der Waals surface area (Å²) in [5.41, 5.74) is 2.89. The van der Waals surface area contributed by atoms with Crippen LogP contribution in [0.3, 0.4) is 0 Å². The van der Waals surface area contributed by atoms with Crippen LogP contribution in [0.5, 0.6) is 0 Å². The van der Waals surface area contributed by atoms with Gasteiger partial charge in [-0.1, -0.05) is 44.2 Å². The number of likely N-dealkylation sites (tertiary alicyclic amines) is 1. The average Bonchev–Trinajstić information content (AvgIpc) is 3.46. The molecule has 0 radical (unpaired) electrons. The van der Waals surface area contributed by atoms with Crippen molar-refractivity contribution in [2.75, 3.05) is 13.1 Å². The Morgan fingerprint density at radius 3 is 2.70 bits per heavy atom. The first-order valence-corrected chi connectivity index (χ1v) is 11.8. The lowest BCUT2D eigenvalue weighted by atomic mass is 9.84. The summed E-state index contributed by atoms with van der Waals surface area (Å²) < 4.78 is 15.9. The number of hydrogen-bond donors (Lipinski definition) is 1. The van der Waals surface area contributed by atoms with Crippen LogP contribution in [0, 0.1) is 11.2 Å². The fourth-order valence-corrected chi connectivity index (χ4v) is 5.38. The van der Waals surface area contributed by atoms with Gasteiger partial charge in [-0.05, 0) is 60.6 Å². The molecule has 0 unspecified atom stereocenters. The van der Waals surface area contributed by atoms with E-state index in [-0.39, 0.29) is 35.1 Å². The van der Waals surface area contributed by atoms with Crippen LogP contribution in [0.4, 0.5) is 4.39 Å². The summed E-state index contributed by atoms with van der Waals surface area (Å²) in [4.78, 5) is 15.5. The van der Waals surface area contributed by atoms with Crippen molar-refractivity contribution < 1.29 is 9.18 Å². The predicted molar refractivity (Wildman–Crippen MR) is 127 cm³/mol. The Labute approximate surface area is 194 Å². The van der Waals surface area contributed by atoms with Crippen LogP contribution >= 0.6 is 0 Å². The lowest BCUT2D eigenvalue weighted by Crippen LogP contribution is -2.50. The van der Waals surface area contributed by atoms with Crippen LogP contribution in [0.2, 0.25) is 0 Å². The van der Waals surface area contributed by atoms with Gasteiger partial charge in [-0.2, -0.15) is 5.10 Å². The number of halogens is 1. The Bertz CT molecular complexity index is 1130. The van der Waals surface area contributed by atoms with Crippen LogP contribution in [-0.4, -0.2) is 39.7 Å². The van der Waals surface area contributed by atoms with Gasteiger partial charge in [0.2, 0.25) is 5.91 Å². The van der Waals surface area contributed by atoms with Gasteiger partial charge >= 0.3 is 0 Å². The SMILES string of the molecule is CC1(C)CCCN(C(=O)[C@@H]2C[C@H](c3ccn(-c4ccccc4)n3)[C@H](c3cccc(F)c3)N2)C1. The summed E-state index contributed by atoms with van der Waals surface area (Å²) in [5, 5.41) is 8.40. The zero-order valence-corrected chi connectivity index (χ0v) is 19.2. The Hall–Kier alpha value is -2.99. The quantitative estimate of drug-likeness (QED) is 0.624. The summed E-state index contributed by atoms with van der Waals surface area (Å²) in [6.45, 7) is 6.03. The van der Waals surface area contributed by atoms with Gasteiger partial charge in [-0.3, -0.25) is 10.1 Å². The number of nitrogens with one attached hydrogen (secondary N) is 1. The molecule has 2 fully saturated rings. The standard InChI is InChI=1S/C27H31FN4O/c1-27(2)13-7-14-31(18-27)26(33)24-17-22(25(29-24)19-8-6-9-20(28)16-19)23-12-15-32(30-23)21-10-4-3-5-11-21/h3-6,8-12,15-16,22,24-25,29H,7,13-14,17-18H2,1-2H3/t22-,24+,25+/m1/s1. The third-order valence-corrected chi connectivity index (χ3v) is 7.00. The van der Waals surface area contributed by atoms with Crippen LogP contribution in [0.1, 0.15) is 56.3 Å². The van der Waals surface area contributed by atoms with Crippen molar-refractivity contribution in [3.05, 3.63) is 83.9 Å². The molecule has 3 atom stereocenters. The van der Waals surface area contributed by atoms with Crippen molar-refractivity contribution in [3.8, 4) is 5.69 Å². The molecule has 3 heterocycles. The Morgan fingerprint density at radius 1 is 1.12 bits per heavy atom. The normalized spacial score (nSPS) is 24.7. The van der Waals surface area contributed by atoms with Gasteiger partial charge < -0.3 is 4.90 Å². The Morgan fingerprint density at radius 2 is 1.94 bits per heavy atom. The Balaban J connectivity index is 1.43. The third-order valence-electron chi connectivity index (χ3n) is 7.00. The first kappa shape index (κ1) is 21.8. The summed E-state index contributed by atoms with van der Waals surface area (Å²) in [7, 11) is 0. The van der Waals surface area contributed by atoms with Gasteiger partial charge in [0.1, 0.15) is 5.82 Å². The molecule has 1 aromatic heterocycles. The number of rotatable bonds is 4. The van der Waals surface area contributed by atoms with E-state index in [2.05, 4.69) is 19.2 Å². The Kier molecular flexibility index (Phi) is 5.79. The second kappa shape index (κ2) is 8.75. The smallest absolute Gasteiger partial charge is 0.239 e. The maximum atomic E-state index is 14.1. The first-order chi connectivity index (χ1) is 15.9. The molecule has 2 saturated heterocycles. The van der Waals surface area contributed by atoms with E-state index in [9.17, 15) is 9.18 Å². The van der Waals surface area contributed by atoms with Crippen molar-refractivity contribution in [2.45, 2.75) is 51.1 Å². The highest BCUT2D eigenvalue weighted by molar-refractivity contribution is 5.82. The molecular weight excluding hydrogens is 415 g/mol. The van der Waals surface area contributed by atoms with Crippen LogP contribution < -0.4 is 5.32 Å². The number of piperidine rings is 1. The second-order valence-corrected chi connectivity index (χ2v) is 10.1. The lowest BCUT2D eigenvalue weighted by Gasteiger charge is -2.39. The van der Waals surface area contributed by atoms with E-state index in [1.54, 1.807) is 12.1 Å². The molecule has 0 bridgehead atoms. The van der Waals surface area contributed by atoms with Crippen LogP contribution in [0.15, 0.2) is 66.9 Å². The molecule has 2 aromatic carbocycles. The summed E-state index contributed by atoms with van der Waals surface area (Å²) in [6.07, 6.45) is 4.77. The summed E-state index contributed by atoms with van der Waals surface area (Å²) in [5.74, 6) is -0.145. The number of hydrogen-bond acceptors (Lipinski definition) is 3. The van der Waals surface area contributed by atoms with E-state index in [1.165, 1.54) is 6.07 Å². The molecule has 3 aromatic rings.